The first kappa shape index (κ1) is 52.2. The average Bonchev–Trinajstić information content (AvgIpc) is 4.26. The fourth-order valence-corrected chi connectivity index (χ4v) is 10.7. The predicted octanol–water partition coefficient (Wildman–Crippen LogP) is 3.82. The lowest BCUT2D eigenvalue weighted by Gasteiger charge is -2.37. The molecule has 5 heterocycles. The van der Waals surface area contributed by atoms with Crippen molar-refractivity contribution in [1.29, 1.82) is 0 Å². The highest BCUT2D eigenvalue weighted by atomic mass is 32.2. The van der Waals surface area contributed by atoms with Crippen molar-refractivity contribution in [1.82, 2.24) is 25.3 Å². The van der Waals surface area contributed by atoms with Crippen molar-refractivity contribution >= 4 is 63.1 Å². The van der Waals surface area contributed by atoms with Crippen molar-refractivity contribution in [3.63, 3.8) is 0 Å². The van der Waals surface area contributed by atoms with E-state index in [-0.39, 0.29) is 60.4 Å². The molecular weight excluding hydrogens is 937 g/mol. The van der Waals surface area contributed by atoms with Gasteiger partial charge < -0.3 is 45.4 Å². The number of carbonyl (C=O) groups excluding carboxylic acids is 6. The lowest BCUT2D eigenvalue weighted by atomic mass is 9.99. The molecule has 5 fully saturated rings. The number of rotatable bonds is 9. The minimum atomic E-state index is -4.00. The van der Waals surface area contributed by atoms with E-state index in [1.807, 2.05) is 45.0 Å². The summed E-state index contributed by atoms with van der Waals surface area (Å²) in [7, 11) is -4.00. The number of imide groups is 1. The van der Waals surface area contributed by atoms with Gasteiger partial charge in [-0.2, -0.15) is 8.42 Å². The summed E-state index contributed by atoms with van der Waals surface area (Å²) < 4.78 is 34.7. The summed E-state index contributed by atoms with van der Waals surface area (Å²) in [5.41, 5.74) is 8.91. The summed E-state index contributed by atoms with van der Waals surface area (Å²) in [6, 6.07) is 17.5. The Labute approximate surface area is 413 Å². The van der Waals surface area contributed by atoms with Gasteiger partial charge in [-0.15, -0.1) is 0 Å². The molecule has 10 rings (SSSR count). The van der Waals surface area contributed by atoms with Crippen LogP contribution in [-0.2, 0) is 45.1 Å². The number of nitrogens with two attached hydrogens (primary N) is 1. The van der Waals surface area contributed by atoms with Crippen LogP contribution in [0.25, 0.3) is 0 Å². The number of piperazine rings is 2. The average molecular weight is 1000 g/mol. The van der Waals surface area contributed by atoms with Gasteiger partial charge in [0.15, 0.2) is 0 Å². The molecule has 2 unspecified atom stereocenters. The normalized spacial score (nSPS) is 20.9. The van der Waals surface area contributed by atoms with Crippen molar-refractivity contribution < 1.29 is 56.4 Å². The summed E-state index contributed by atoms with van der Waals surface area (Å²) in [6.07, 6.45) is 3.41. The van der Waals surface area contributed by atoms with E-state index in [1.54, 1.807) is 34.1 Å². The number of anilines is 2. The van der Waals surface area contributed by atoms with Crippen molar-refractivity contribution in [3.8, 4) is 0 Å². The molecule has 7 aliphatic rings. The Hall–Kier alpha value is -6.58. The molecule has 3 aromatic rings. The van der Waals surface area contributed by atoms with Gasteiger partial charge in [0.2, 0.25) is 17.7 Å². The zero-order chi connectivity index (χ0) is 50.3. The number of carboxylic acid groups (broad SMARTS) is 1. The first-order chi connectivity index (χ1) is 33.1. The largest absolute Gasteiger partial charge is 0.480 e. The van der Waals surface area contributed by atoms with Crippen LogP contribution in [0.15, 0.2) is 71.6 Å². The number of primary amides is 1. The van der Waals surface area contributed by atoms with Crippen LogP contribution in [-0.4, -0.2) is 144 Å². The van der Waals surface area contributed by atoms with Gasteiger partial charge in [-0.1, -0.05) is 25.6 Å². The van der Waals surface area contributed by atoms with Gasteiger partial charge in [-0.3, -0.25) is 33.8 Å². The van der Waals surface area contributed by atoms with Crippen LogP contribution in [0, 0.1) is 0 Å². The number of piperidine rings is 1. The molecule has 21 heteroatoms. The molecule has 20 nitrogen and oxygen atoms in total. The van der Waals surface area contributed by atoms with Crippen molar-refractivity contribution in [2.75, 3.05) is 62.2 Å². The van der Waals surface area contributed by atoms with Crippen molar-refractivity contribution in [2.45, 2.75) is 113 Å². The second kappa shape index (κ2) is 20.3. The molecule has 2 atom stereocenters. The van der Waals surface area contributed by atoms with E-state index < -0.39 is 45.2 Å². The Morgan fingerprint density at radius 3 is 1.85 bits per heavy atom. The van der Waals surface area contributed by atoms with Gasteiger partial charge in [0.05, 0.1) is 16.0 Å². The summed E-state index contributed by atoms with van der Waals surface area (Å²) in [6.45, 7) is 11.7. The van der Waals surface area contributed by atoms with Gasteiger partial charge >= 0.3 is 12.1 Å². The monoisotopic (exact) mass is 1000 g/mol. The van der Waals surface area contributed by atoms with Crippen LogP contribution in [0.3, 0.4) is 0 Å². The van der Waals surface area contributed by atoms with Crippen LogP contribution in [0.4, 0.5) is 16.2 Å². The van der Waals surface area contributed by atoms with E-state index in [1.165, 1.54) is 17.0 Å². The Balaban J connectivity index is 0.000000176. The molecule has 0 aromatic heterocycles. The number of carbonyl (C=O) groups is 7. The summed E-state index contributed by atoms with van der Waals surface area (Å²) in [5.74, 6) is -2.69. The molecule has 2 saturated carbocycles. The molecule has 6 N–H and O–H groups in total. The SMILES string of the molecule is C.CC(C)(C)OC(=O)N1CCN(c2ccc3c(c2)C2(CC2)N(C(CCC(N)=O)C(=O)O)C3=O)CC1.O=C1CCC(N2C(=O)c3ccc(N4CCNCC4)cc3C23CC3)C(=O)N1.O=S(=O)(O)c1ccccc1. The van der Waals surface area contributed by atoms with Crippen LogP contribution in [0.1, 0.15) is 111 Å². The zero-order valence-electron chi connectivity index (χ0n) is 39.5. The van der Waals surface area contributed by atoms with Crippen molar-refractivity contribution in [2.24, 2.45) is 5.73 Å². The molecule has 71 heavy (non-hydrogen) atoms. The number of nitrogens with one attached hydrogen (secondary N) is 2. The quantitative estimate of drug-likeness (QED) is 0.151. The molecule has 2 spiro atoms. The van der Waals surface area contributed by atoms with Crippen LogP contribution in [0.2, 0.25) is 0 Å². The predicted molar refractivity (Wildman–Crippen MR) is 261 cm³/mol. The molecule has 3 aromatic carbocycles. The highest BCUT2D eigenvalue weighted by Crippen LogP contribution is 2.59. The third kappa shape index (κ3) is 10.9. The number of carboxylic acids is 1. The lowest BCUT2D eigenvalue weighted by Crippen LogP contribution is -2.55. The van der Waals surface area contributed by atoms with E-state index in [0.29, 0.717) is 63.0 Å². The first-order valence-corrected chi connectivity index (χ1v) is 25.1. The fourth-order valence-electron chi connectivity index (χ4n) is 10.2. The number of amides is 6. The maximum absolute atomic E-state index is 13.2. The fraction of sp³-hybridized carbons (Fsp3) is 0.500. The molecule has 6 amide bonds. The zero-order valence-corrected chi connectivity index (χ0v) is 40.3. The number of aliphatic carboxylic acids is 1. The number of nitrogens with zero attached hydrogens (tertiary/aromatic N) is 5. The van der Waals surface area contributed by atoms with E-state index in [2.05, 4.69) is 26.5 Å². The number of hydrogen-bond donors (Lipinski definition) is 5. The molecule has 2 aliphatic carbocycles. The summed E-state index contributed by atoms with van der Waals surface area (Å²) >= 11 is 0. The molecule has 5 aliphatic heterocycles. The standard InChI is InChI=1S/C24H32N4O6.C19H22N4O3.C6H6O3S.CH4/c1-23(2,3)34-22(33)27-12-10-26(11-13-27)15-4-5-16-17(14-15)24(8-9-24)28(20(16)30)18(21(31)32)6-7-19(25)29;24-16-4-3-15(17(25)21-16)23-18(26)13-2-1-12(22-9-7-20-8-10-22)11-14(13)19(23)5-6-19;7-10(8,9)6-4-2-1-3-5-6;/h4-5,14,18H,6-13H2,1-3H3,(H2,25,29)(H,31,32);1-2,11,15,20H,3-10H2,(H,21,24,25);1-5H,(H,7,8,9);1H4. The van der Waals surface area contributed by atoms with Gasteiger partial charge in [0.25, 0.3) is 21.9 Å². The van der Waals surface area contributed by atoms with Gasteiger partial charge in [-0.05, 0) is 119 Å². The molecule has 0 bridgehead atoms. The Kier molecular flexibility index (Phi) is 14.9. The molecule has 3 saturated heterocycles. The molecule has 382 valence electrons. The highest BCUT2D eigenvalue weighted by molar-refractivity contribution is 7.85. The lowest BCUT2D eigenvalue weighted by molar-refractivity contribution is -0.144. The van der Waals surface area contributed by atoms with E-state index in [4.69, 9.17) is 15.0 Å². The van der Waals surface area contributed by atoms with E-state index in [0.717, 1.165) is 61.5 Å². The van der Waals surface area contributed by atoms with Crippen LogP contribution in [0.5, 0.6) is 0 Å². The van der Waals surface area contributed by atoms with E-state index in [9.17, 15) is 47.1 Å². The topological polar surface area (TPSA) is 270 Å². The van der Waals surface area contributed by atoms with Gasteiger partial charge in [0.1, 0.15) is 17.7 Å². The van der Waals surface area contributed by atoms with Crippen molar-refractivity contribution in [3.05, 3.63) is 89.0 Å². The summed E-state index contributed by atoms with van der Waals surface area (Å²) in [5, 5.41) is 15.6. The Morgan fingerprint density at radius 2 is 1.35 bits per heavy atom. The maximum atomic E-state index is 13.2. The highest BCUT2D eigenvalue weighted by Gasteiger charge is 2.62. The Morgan fingerprint density at radius 1 is 0.803 bits per heavy atom. The second-order valence-electron chi connectivity index (χ2n) is 19.7. The smallest absolute Gasteiger partial charge is 0.410 e. The van der Waals surface area contributed by atoms with Gasteiger partial charge in [-0.25, -0.2) is 9.59 Å². The number of fused-ring (bicyclic) bond motifs is 4. The van der Waals surface area contributed by atoms with Crippen LogP contribution < -0.4 is 26.2 Å². The van der Waals surface area contributed by atoms with Gasteiger partial charge in [0, 0.05) is 87.7 Å². The first-order valence-electron chi connectivity index (χ1n) is 23.7. The third-order valence-electron chi connectivity index (χ3n) is 13.9. The third-order valence-corrected chi connectivity index (χ3v) is 14.7. The summed E-state index contributed by atoms with van der Waals surface area (Å²) in [4.78, 5) is 95.2. The number of benzene rings is 3. The molecular formula is C50H64N8O12S. The minimum absolute atomic E-state index is 0. The molecule has 0 radical (unpaired) electrons. The van der Waals surface area contributed by atoms with Crippen LogP contribution >= 0.6 is 0 Å². The number of hydrogen-bond acceptors (Lipinski definition) is 13. The minimum Gasteiger partial charge on any atom is -0.480 e. The Bertz CT molecular complexity index is 2690. The maximum Gasteiger partial charge on any atom is 0.410 e. The number of ether oxygens (including phenoxy) is 1. The van der Waals surface area contributed by atoms with E-state index >= 15 is 0 Å². The second-order valence-corrected chi connectivity index (χ2v) is 21.1.